The van der Waals surface area contributed by atoms with Crippen molar-refractivity contribution in [1.82, 2.24) is 0 Å². The smallest absolute Gasteiger partial charge is 0.341 e. The fraction of sp³-hybridized carbons (Fsp3) is 0.250. The number of ether oxygens (including phenoxy) is 1. The lowest BCUT2D eigenvalue weighted by Crippen LogP contribution is -2.05. The molecule has 0 aliphatic rings. The summed E-state index contributed by atoms with van der Waals surface area (Å²) in [5.74, 6) is -0.482. The number of hydrogen-bond acceptors (Lipinski definition) is 5. The molecule has 0 bridgehead atoms. The fourth-order valence-electron chi connectivity index (χ4n) is 0.851. The Morgan fingerprint density at radius 1 is 1.77 bits per heavy atom. The summed E-state index contributed by atoms with van der Waals surface area (Å²) in [6.45, 7) is 2.01. The van der Waals surface area contributed by atoms with E-state index in [-0.39, 0.29) is 5.56 Å². The standard InChI is InChI=1S/C8H9NO3S/c1-2-12-8(11)6-3-5(4-10)13-7(6)9/h3-4H,2,9H2,1H3. The highest BCUT2D eigenvalue weighted by Gasteiger charge is 2.14. The molecule has 0 fully saturated rings. The van der Waals surface area contributed by atoms with Crippen LogP contribution in [0.3, 0.4) is 0 Å². The Morgan fingerprint density at radius 2 is 2.46 bits per heavy atom. The predicted molar refractivity (Wildman–Crippen MR) is 50.1 cm³/mol. The average molecular weight is 199 g/mol. The molecule has 1 rings (SSSR count). The van der Waals surface area contributed by atoms with Crippen molar-refractivity contribution in [3.05, 3.63) is 16.5 Å². The van der Waals surface area contributed by atoms with Gasteiger partial charge in [0.25, 0.3) is 0 Å². The molecule has 0 amide bonds. The molecule has 0 unspecified atom stereocenters. The van der Waals surface area contributed by atoms with Crippen LogP contribution in [0.4, 0.5) is 5.00 Å². The summed E-state index contributed by atoms with van der Waals surface area (Å²) >= 11 is 1.08. The van der Waals surface area contributed by atoms with Crippen molar-refractivity contribution in [3.63, 3.8) is 0 Å². The number of anilines is 1. The van der Waals surface area contributed by atoms with Gasteiger partial charge in [0.1, 0.15) is 5.00 Å². The van der Waals surface area contributed by atoms with Gasteiger partial charge >= 0.3 is 5.97 Å². The first-order chi connectivity index (χ1) is 6.19. The van der Waals surface area contributed by atoms with Gasteiger partial charge in [-0.05, 0) is 13.0 Å². The molecule has 0 saturated heterocycles. The SMILES string of the molecule is CCOC(=O)c1cc(C=O)sc1N. The number of carbonyl (C=O) groups excluding carboxylic acids is 2. The van der Waals surface area contributed by atoms with Gasteiger partial charge in [-0.25, -0.2) is 4.79 Å². The van der Waals surface area contributed by atoms with Crippen molar-refractivity contribution in [2.45, 2.75) is 6.92 Å². The van der Waals surface area contributed by atoms with Crippen LogP contribution in [0.15, 0.2) is 6.07 Å². The third-order valence-electron chi connectivity index (χ3n) is 1.39. The maximum absolute atomic E-state index is 11.2. The summed E-state index contributed by atoms with van der Waals surface area (Å²) in [6, 6.07) is 1.44. The van der Waals surface area contributed by atoms with E-state index in [9.17, 15) is 9.59 Å². The molecule has 1 aromatic heterocycles. The zero-order valence-electron chi connectivity index (χ0n) is 7.07. The van der Waals surface area contributed by atoms with Gasteiger partial charge in [-0.2, -0.15) is 0 Å². The molecule has 1 aromatic rings. The largest absolute Gasteiger partial charge is 0.462 e. The molecular weight excluding hydrogens is 190 g/mol. The molecule has 2 N–H and O–H groups in total. The van der Waals surface area contributed by atoms with Crippen LogP contribution in [0.2, 0.25) is 0 Å². The zero-order chi connectivity index (χ0) is 9.84. The summed E-state index contributed by atoms with van der Waals surface area (Å²) < 4.78 is 4.74. The Kier molecular flexibility index (Phi) is 3.02. The van der Waals surface area contributed by atoms with Crippen molar-refractivity contribution < 1.29 is 14.3 Å². The monoisotopic (exact) mass is 199 g/mol. The number of rotatable bonds is 3. The van der Waals surface area contributed by atoms with E-state index in [0.29, 0.717) is 22.8 Å². The number of nitrogens with two attached hydrogens (primary N) is 1. The first-order valence-electron chi connectivity index (χ1n) is 3.70. The molecular formula is C8H9NO3S. The molecule has 13 heavy (non-hydrogen) atoms. The quantitative estimate of drug-likeness (QED) is 0.588. The van der Waals surface area contributed by atoms with Crippen molar-refractivity contribution in [2.75, 3.05) is 12.3 Å². The molecule has 4 nitrogen and oxygen atoms in total. The van der Waals surface area contributed by atoms with E-state index in [0.717, 1.165) is 11.3 Å². The average Bonchev–Trinajstić information content (AvgIpc) is 2.47. The van der Waals surface area contributed by atoms with Gasteiger partial charge in [0.2, 0.25) is 0 Å². The van der Waals surface area contributed by atoms with Gasteiger partial charge < -0.3 is 10.5 Å². The van der Waals surface area contributed by atoms with Crippen molar-refractivity contribution in [1.29, 1.82) is 0 Å². The second kappa shape index (κ2) is 4.04. The highest BCUT2D eigenvalue weighted by atomic mass is 32.1. The normalized spacial score (nSPS) is 9.62. The molecule has 0 aliphatic carbocycles. The Labute approximate surface area is 79.3 Å². The lowest BCUT2D eigenvalue weighted by Gasteiger charge is -1.98. The topological polar surface area (TPSA) is 69.4 Å². The summed E-state index contributed by atoms with van der Waals surface area (Å²) in [7, 11) is 0. The van der Waals surface area contributed by atoms with E-state index >= 15 is 0 Å². The fourth-order valence-corrected chi connectivity index (χ4v) is 1.58. The Morgan fingerprint density at radius 3 is 2.92 bits per heavy atom. The lowest BCUT2D eigenvalue weighted by molar-refractivity contribution is 0.0528. The van der Waals surface area contributed by atoms with Gasteiger partial charge in [0.05, 0.1) is 17.0 Å². The summed E-state index contributed by atoms with van der Waals surface area (Å²) in [6.07, 6.45) is 0.657. The van der Waals surface area contributed by atoms with Crippen LogP contribution >= 0.6 is 11.3 Å². The van der Waals surface area contributed by atoms with Gasteiger partial charge in [-0.3, -0.25) is 4.79 Å². The Bertz CT molecular complexity index is 332. The third kappa shape index (κ3) is 2.06. The molecule has 0 aliphatic heterocycles. The van der Waals surface area contributed by atoms with E-state index in [4.69, 9.17) is 10.5 Å². The first kappa shape index (κ1) is 9.73. The first-order valence-corrected chi connectivity index (χ1v) is 4.52. The van der Waals surface area contributed by atoms with Crippen LogP contribution in [0.1, 0.15) is 27.0 Å². The van der Waals surface area contributed by atoms with E-state index in [2.05, 4.69) is 0 Å². The molecule has 0 radical (unpaired) electrons. The van der Waals surface area contributed by atoms with E-state index < -0.39 is 5.97 Å². The van der Waals surface area contributed by atoms with Crippen molar-refractivity contribution in [2.24, 2.45) is 0 Å². The summed E-state index contributed by atoms with van der Waals surface area (Å²) in [4.78, 5) is 22.0. The van der Waals surface area contributed by atoms with Gasteiger partial charge in [-0.1, -0.05) is 0 Å². The predicted octanol–water partition coefficient (Wildman–Crippen LogP) is 1.32. The summed E-state index contributed by atoms with van der Waals surface area (Å²) in [5, 5.41) is 0.320. The minimum absolute atomic E-state index is 0.272. The number of nitrogen functional groups attached to an aromatic ring is 1. The molecule has 0 atom stereocenters. The van der Waals surface area contributed by atoms with Crippen LogP contribution in [0, 0.1) is 0 Å². The second-order valence-electron chi connectivity index (χ2n) is 2.27. The van der Waals surface area contributed by atoms with Crippen LogP contribution in [0.5, 0.6) is 0 Å². The molecule has 0 aromatic carbocycles. The van der Waals surface area contributed by atoms with E-state index in [1.807, 2.05) is 0 Å². The van der Waals surface area contributed by atoms with E-state index in [1.165, 1.54) is 6.07 Å². The summed E-state index contributed by atoms with van der Waals surface area (Å²) in [5.41, 5.74) is 5.78. The van der Waals surface area contributed by atoms with Crippen LogP contribution < -0.4 is 5.73 Å². The van der Waals surface area contributed by atoms with Crippen molar-refractivity contribution in [3.8, 4) is 0 Å². The van der Waals surface area contributed by atoms with Crippen molar-refractivity contribution >= 4 is 28.6 Å². The second-order valence-corrected chi connectivity index (χ2v) is 3.38. The number of carbonyl (C=O) groups is 2. The minimum Gasteiger partial charge on any atom is -0.462 e. The van der Waals surface area contributed by atoms with Crippen LogP contribution in [0.25, 0.3) is 0 Å². The van der Waals surface area contributed by atoms with Gasteiger partial charge in [0.15, 0.2) is 6.29 Å². The lowest BCUT2D eigenvalue weighted by atomic mass is 10.3. The highest BCUT2D eigenvalue weighted by molar-refractivity contribution is 7.17. The van der Waals surface area contributed by atoms with Gasteiger partial charge in [-0.15, -0.1) is 11.3 Å². The molecule has 5 heteroatoms. The number of aldehydes is 1. The number of thiophene rings is 1. The van der Waals surface area contributed by atoms with Gasteiger partial charge in [0, 0.05) is 0 Å². The van der Waals surface area contributed by atoms with Crippen LogP contribution in [-0.4, -0.2) is 18.9 Å². The molecule has 1 heterocycles. The minimum atomic E-state index is -0.482. The molecule has 70 valence electrons. The van der Waals surface area contributed by atoms with E-state index in [1.54, 1.807) is 6.92 Å². The third-order valence-corrected chi connectivity index (χ3v) is 2.28. The Balaban J connectivity index is 2.93. The Hall–Kier alpha value is -1.36. The zero-order valence-corrected chi connectivity index (χ0v) is 7.89. The molecule has 0 spiro atoms. The number of hydrogen-bond donors (Lipinski definition) is 1. The number of esters is 1. The maximum Gasteiger partial charge on any atom is 0.341 e. The molecule has 0 saturated carbocycles. The maximum atomic E-state index is 11.2. The highest BCUT2D eigenvalue weighted by Crippen LogP contribution is 2.24. The van der Waals surface area contributed by atoms with Crippen LogP contribution in [-0.2, 0) is 4.74 Å².